The minimum atomic E-state index is 0.751. The Kier molecular flexibility index (Phi) is 4.72. The van der Waals surface area contributed by atoms with Crippen molar-refractivity contribution in [2.24, 2.45) is 0 Å². The minimum Gasteiger partial charge on any atom is -0.437 e. The standard InChI is InChI=1S/C13H15BrN2OS/c1-9-10(2)17-13(16-9)18-7-6-15-12-5-3-4-11(14)8-12/h3-5,8,15H,6-7H2,1-2H3. The summed E-state index contributed by atoms with van der Waals surface area (Å²) in [7, 11) is 0. The van der Waals surface area contributed by atoms with E-state index >= 15 is 0 Å². The van der Waals surface area contributed by atoms with Crippen LogP contribution in [0, 0.1) is 13.8 Å². The van der Waals surface area contributed by atoms with Crippen molar-refractivity contribution in [3.05, 3.63) is 40.2 Å². The molecule has 0 atom stereocenters. The van der Waals surface area contributed by atoms with Gasteiger partial charge < -0.3 is 9.73 Å². The van der Waals surface area contributed by atoms with Crippen LogP contribution in [-0.4, -0.2) is 17.3 Å². The molecule has 1 aromatic heterocycles. The second-order valence-electron chi connectivity index (χ2n) is 3.91. The number of hydrogen-bond acceptors (Lipinski definition) is 4. The van der Waals surface area contributed by atoms with Gasteiger partial charge in [0.05, 0.1) is 5.69 Å². The molecule has 2 aromatic rings. The Labute approximate surface area is 120 Å². The Balaban J connectivity index is 1.76. The number of oxazole rings is 1. The van der Waals surface area contributed by atoms with Crippen LogP contribution in [0.1, 0.15) is 11.5 Å². The topological polar surface area (TPSA) is 38.1 Å². The van der Waals surface area contributed by atoms with Gasteiger partial charge in [0.1, 0.15) is 5.76 Å². The first-order valence-electron chi connectivity index (χ1n) is 5.71. The number of aryl methyl sites for hydroxylation is 2. The first kappa shape index (κ1) is 13.5. The van der Waals surface area contributed by atoms with E-state index in [1.807, 2.05) is 26.0 Å². The molecule has 1 heterocycles. The van der Waals surface area contributed by atoms with Crippen LogP contribution in [0.2, 0.25) is 0 Å². The summed E-state index contributed by atoms with van der Waals surface area (Å²) in [6.45, 7) is 4.77. The molecular weight excluding hydrogens is 312 g/mol. The molecule has 0 spiro atoms. The summed E-state index contributed by atoms with van der Waals surface area (Å²) in [4.78, 5) is 4.33. The molecule has 18 heavy (non-hydrogen) atoms. The van der Waals surface area contributed by atoms with E-state index in [2.05, 4.69) is 38.4 Å². The van der Waals surface area contributed by atoms with E-state index in [4.69, 9.17) is 4.42 Å². The van der Waals surface area contributed by atoms with Gasteiger partial charge in [0.25, 0.3) is 5.22 Å². The summed E-state index contributed by atoms with van der Waals surface area (Å²) in [6.07, 6.45) is 0. The van der Waals surface area contributed by atoms with Gasteiger partial charge in [0.15, 0.2) is 0 Å². The number of hydrogen-bond donors (Lipinski definition) is 1. The average molecular weight is 327 g/mol. The van der Waals surface area contributed by atoms with Crippen LogP contribution < -0.4 is 5.32 Å². The molecular formula is C13H15BrN2OS. The van der Waals surface area contributed by atoms with E-state index in [-0.39, 0.29) is 0 Å². The van der Waals surface area contributed by atoms with Crippen molar-refractivity contribution in [2.75, 3.05) is 17.6 Å². The zero-order valence-electron chi connectivity index (χ0n) is 10.4. The number of nitrogens with zero attached hydrogens (tertiary/aromatic N) is 1. The van der Waals surface area contributed by atoms with Crippen molar-refractivity contribution in [1.29, 1.82) is 0 Å². The van der Waals surface area contributed by atoms with E-state index in [0.717, 1.165) is 39.1 Å². The van der Waals surface area contributed by atoms with Gasteiger partial charge in [-0.15, -0.1) is 0 Å². The number of halogens is 1. The van der Waals surface area contributed by atoms with Gasteiger partial charge >= 0.3 is 0 Å². The van der Waals surface area contributed by atoms with Gasteiger partial charge in [-0.1, -0.05) is 33.8 Å². The Morgan fingerprint density at radius 1 is 1.39 bits per heavy atom. The van der Waals surface area contributed by atoms with Crippen LogP contribution >= 0.6 is 27.7 Å². The highest BCUT2D eigenvalue weighted by atomic mass is 79.9. The van der Waals surface area contributed by atoms with Gasteiger partial charge in [-0.2, -0.15) is 0 Å². The number of thioether (sulfide) groups is 1. The Morgan fingerprint density at radius 3 is 2.89 bits per heavy atom. The van der Waals surface area contributed by atoms with E-state index in [9.17, 15) is 0 Å². The third-order valence-corrected chi connectivity index (χ3v) is 3.81. The lowest BCUT2D eigenvalue weighted by Crippen LogP contribution is -2.03. The van der Waals surface area contributed by atoms with Crippen LogP contribution in [0.3, 0.4) is 0 Å². The average Bonchev–Trinajstić information content (AvgIpc) is 2.65. The van der Waals surface area contributed by atoms with Crippen molar-refractivity contribution in [1.82, 2.24) is 4.98 Å². The Hall–Kier alpha value is -0.940. The maximum Gasteiger partial charge on any atom is 0.256 e. The molecule has 0 aliphatic heterocycles. The molecule has 0 saturated carbocycles. The molecule has 0 fully saturated rings. The summed E-state index contributed by atoms with van der Waals surface area (Å²) < 4.78 is 6.58. The first-order valence-corrected chi connectivity index (χ1v) is 7.49. The molecule has 0 aliphatic rings. The third-order valence-electron chi connectivity index (χ3n) is 2.49. The lowest BCUT2D eigenvalue weighted by Gasteiger charge is -2.05. The molecule has 0 radical (unpaired) electrons. The van der Waals surface area contributed by atoms with Crippen LogP contribution in [-0.2, 0) is 0 Å². The fourth-order valence-corrected chi connectivity index (χ4v) is 2.60. The first-order chi connectivity index (χ1) is 8.65. The lowest BCUT2D eigenvalue weighted by atomic mass is 10.3. The maximum atomic E-state index is 5.50. The molecule has 0 bridgehead atoms. The predicted octanol–water partition coefficient (Wildman–Crippen LogP) is 4.26. The van der Waals surface area contributed by atoms with Crippen LogP contribution in [0.5, 0.6) is 0 Å². The number of aromatic nitrogens is 1. The fraction of sp³-hybridized carbons (Fsp3) is 0.308. The summed E-state index contributed by atoms with van der Waals surface area (Å²) in [5.74, 6) is 1.82. The molecule has 0 aliphatic carbocycles. The SMILES string of the molecule is Cc1nc(SCCNc2cccc(Br)c2)oc1C. The van der Waals surface area contributed by atoms with Gasteiger partial charge in [0, 0.05) is 22.5 Å². The van der Waals surface area contributed by atoms with Crippen molar-refractivity contribution < 1.29 is 4.42 Å². The van der Waals surface area contributed by atoms with Crippen LogP contribution in [0.25, 0.3) is 0 Å². The van der Waals surface area contributed by atoms with E-state index < -0.39 is 0 Å². The third kappa shape index (κ3) is 3.78. The molecule has 1 aromatic carbocycles. The fourth-order valence-electron chi connectivity index (χ4n) is 1.44. The van der Waals surface area contributed by atoms with Gasteiger partial charge in [-0.05, 0) is 32.0 Å². The molecule has 96 valence electrons. The highest BCUT2D eigenvalue weighted by molar-refractivity contribution is 9.10. The zero-order chi connectivity index (χ0) is 13.0. The Morgan fingerprint density at radius 2 is 2.22 bits per heavy atom. The van der Waals surface area contributed by atoms with Gasteiger partial charge in [-0.3, -0.25) is 0 Å². The molecule has 5 heteroatoms. The van der Waals surface area contributed by atoms with Crippen molar-refractivity contribution in [3.63, 3.8) is 0 Å². The van der Waals surface area contributed by atoms with Crippen molar-refractivity contribution in [3.8, 4) is 0 Å². The summed E-state index contributed by atoms with van der Waals surface area (Å²) in [5, 5.41) is 4.11. The highest BCUT2D eigenvalue weighted by Crippen LogP contribution is 2.20. The lowest BCUT2D eigenvalue weighted by molar-refractivity contribution is 0.431. The van der Waals surface area contributed by atoms with E-state index in [1.165, 1.54) is 0 Å². The normalized spacial score (nSPS) is 10.6. The highest BCUT2D eigenvalue weighted by Gasteiger charge is 2.05. The molecule has 1 N–H and O–H groups in total. The monoisotopic (exact) mass is 326 g/mol. The molecule has 3 nitrogen and oxygen atoms in total. The summed E-state index contributed by atoms with van der Waals surface area (Å²) >= 11 is 5.08. The van der Waals surface area contributed by atoms with Gasteiger partial charge in [0.2, 0.25) is 0 Å². The van der Waals surface area contributed by atoms with Crippen molar-refractivity contribution in [2.45, 2.75) is 19.1 Å². The number of anilines is 1. The van der Waals surface area contributed by atoms with Crippen LogP contribution in [0.4, 0.5) is 5.69 Å². The second kappa shape index (κ2) is 6.29. The molecule has 0 unspecified atom stereocenters. The quantitative estimate of drug-likeness (QED) is 0.658. The molecule has 0 saturated heterocycles. The molecule has 0 amide bonds. The van der Waals surface area contributed by atoms with E-state index in [0.29, 0.717) is 0 Å². The number of nitrogens with one attached hydrogen (secondary N) is 1. The van der Waals surface area contributed by atoms with Crippen molar-refractivity contribution >= 4 is 33.4 Å². The van der Waals surface area contributed by atoms with Gasteiger partial charge in [-0.25, -0.2) is 4.98 Å². The summed E-state index contributed by atoms with van der Waals surface area (Å²) in [6, 6.07) is 8.14. The largest absolute Gasteiger partial charge is 0.437 e. The zero-order valence-corrected chi connectivity index (χ0v) is 12.8. The molecule has 2 rings (SSSR count). The Bertz CT molecular complexity index is 508. The smallest absolute Gasteiger partial charge is 0.256 e. The second-order valence-corrected chi connectivity index (χ2v) is 5.87. The predicted molar refractivity (Wildman–Crippen MR) is 79.3 cm³/mol. The van der Waals surface area contributed by atoms with Crippen LogP contribution in [0.15, 0.2) is 38.4 Å². The van der Waals surface area contributed by atoms with E-state index in [1.54, 1.807) is 11.8 Å². The summed E-state index contributed by atoms with van der Waals surface area (Å²) in [5.41, 5.74) is 2.09. The minimum absolute atomic E-state index is 0.751. The number of benzene rings is 1. The maximum absolute atomic E-state index is 5.50. The number of rotatable bonds is 5.